The fourth-order valence-corrected chi connectivity index (χ4v) is 2.14. The summed E-state index contributed by atoms with van der Waals surface area (Å²) < 4.78 is 13.7. The molecular weight excluding hydrogens is 295 g/mol. The number of carbonyl (C=O) groups is 1. The number of amides is 1. The number of hydrogen-bond acceptors (Lipinski definition) is 3. The van der Waals surface area contributed by atoms with Gasteiger partial charge in [0, 0.05) is 24.3 Å². The molecule has 0 radical (unpaired) electrons. The lowest BCUT2D eigenvalue weighted by molar-refractivity contribution is 0.0777. The maximum Gasteiger partial charge on any atom is 0.260 e. The van der Waals surface area contributed by atoms with Crippen LogP contribution in [0.4, 0.5) is 10.1 Å². The van der Waals surface area contributed by atoms with Gasteiger partial charge in [-0.05, 0) is 35.9 Å². The van der Waals surface area contributed by atoms with Crippen LogP contribution in [0.25, 0.3) is 0 Å². The Morgan fingerprint density at radius 1 is 1.38 bits per heavy atom. The molecule has 0 aliphatic heterocycles. The fourth-order valence-electron chi connectivity index (χ4n) is 1.96. The first-order valence-corrected chi connectivity index (χ1v) is 6.54. The molecule has 0 saturated carbocycles. The van der Waals surface area contributed by atoms with Gasteiger partial charge in [0.1, 0.15) is 17.1 Å². The minimum Gasteiger partial charge on any atom is -0.507 e. The average Bonchev–Trinajstić information content (AvgIpc) is 2.42. The number of benzene rings is 2. The van der Waals surface area contributed by atoms with Crippen LogP contribution >= 0.6 is 11.6 Å². The number of nitrogens with zero attached hydrogens (tertiary/aromatic N) is 1. The van der Waals surface area contributed by atoms with E-state index in [1.54, 1.807) is 18.2 Å². The van der Waals surface area contributed by atoms with Gasteiger partial charge in [0.15, 0.2) is 0 Å². The molecule has 0 saturated heterocycles. The second-order valence-electron chi connectivity index (χ2n) is 4.65. The van der Waals surface area contributed by atoms with Crippen molar-refractivity contribution in [2.75, 3.05) is 12.8 Å². The summed E-state index contributed by atoms with van der Waals surface area (Å²) in [6.45, 7) is 0.149. The molecule has 0 heterocycles. The van der Waals surface area contributed by atoms with E-state index in [0.717, 1.165) is 6.07 Å². The molecule has 2 rings (SSSR count). The van der Waals surface area contributed by atoms with Crippen LogP contribution in [0.1, 0.15) is 15.9 Å². The smallest absolute Gasteiger partial charge is 0.260 e. The summed E-state index contributed by atoms with van der Waals surface area (Å²) >= 11 is 6.04. The summed E-state index contributed by atoms with van der Waals surface area (Å²) in [6, 6.07) is 8.64. The van der Waals surface area contributed by atoms with Crippen LogP contribution in [-0.4, -0.2) is 23.0 Å². The van der Waals surface area contributed by atoms with Gasteiger partial charge in [0.2, 0.25) is 0 Å². The Labute approximate surface area is 126 Å². The van der Waals surface area contributed by atoms with Crippen molar-refractivity contribution in [2.24, 2.45) is 0 Å². The Kier molecular flexibility index (Phi) is 4.33. The van der Waals surface area contributed by atoms with E-state index < -0.39 is 17.5 Å². The molecule has 0 atom stereocenters. The van der Waals surface area contributed by atoms with Crippen molar-refractivity contribution >= 4 is 23.2 Å². The quantitative estimate of drug-likeness (QED) is 0.856. The molecule has 0 aromatic heterocycles. The molecule has 0 fully saturated rings. The second kappa shape index (κ2) is 6.01. The Hall–Kier alpha value is -2.27. The lowest BCUT2D eigenvalue weighted by Crippen LogP contribution is -2.27. The van der Waals surface area contributed by atoms with Gasteiger partial charge in [-0.15, -0.1) is 0 Å². The van der Waals surface area contributed by atoms with E-state index >= 15 is 0 Å². The minimum atomic E-state index is -0.773. The Morgan fingerprint density at radius 3 is 2.76 bits per heavy atom. The highest BCUT2D eigenvalue weighted by atomic mass is 35.5. The summed E-state index contributed by atoms with van der Waals surface area (Å²) in [5.41, 5.74) is 6.48. The molecule has 0 spiro atoms. The number of halogens is 2. The summed E-state index contributed by atoms with van der Waals surface area (Å²) in [5, 5.41) is 10.1. The van der Waals surface area contributed by atoms with Crippen molar-refractivity contribution in [1.82, 2.24) is 4.90 Å². The van der Waals surface area contributed by atoms with Gasteiger partial charge in [0.05, 0.1) is 0 Å². The molecule has 2 aromatic carbocycles. The zero-order valence-electron chi connectivity index (χ0n) is 11.3. The van der Waals surface area contributed by atoms with Crippen molar-refractivity contribution in [2.45, 2.75) is 6.54 Å². The van der Waals surface area contributed by atoms with Crippen LogP contribution in [0.3, 0.4) is 0 Å². The lowest BCUT2D eigenvalue weighted by atomic mass is 10.1. The molecule has 0 aliphatic rings. The molecule has 2 aromatic rings. The predicted octanol–water partition coefficient (Wildman–Crippen LogP) is 3.04. The number of anilines is 1. The molecule has 21 heavy (non-hydrogen) atoms. The number of phenolic OH excluding ortho intramolecular Hbond substituents is 1. The van der Waals surface area contributed by atoms with Crippen molar-refractivity contribution < 1.29 is 14.3 Å². The molecule has 3 N–H and O–H groups in total. The third-order valence-corrected chi connectivity index (χ3v) is 3.40. The van der Waals surface area contributed by atoms with Crippen LogP contribution in [0.15, 0.2) is 36.4 Å². The molecule has 0 aliphatic carbocycles. The third-order valence-electron chi connectivity index (χ3n) is 3.03. The van der Waals surface area contributed by atoms with Crippen LogP contribution in [0.2, 0.25) is 5.02 Å². The molecule has 0 unspecified atom stereocenters. The standard InChI is InChI=1S/C15H14ClFN2O2/c1-19(8-9-7-10(18)5-6-11(9)16)15(21)14-12(17)3-2-4-13(14)20/h2-7,20H,8,18H2,1H3. The van der Waals surface area contributed by atoms with Crippen molar-refractivity contribution in [3.05, 3.63) is 58.4 Å². The van der Waals surface area contributed by atoms with Crippen molar-refractivity contribution in [3.8, 4) is 5.75 Å². The van der Waals surface area contributed by atoms with E-state index in [4.69, 9.17) is 17.3 Å². The van der Waals surface area contributed by atoms with Gasteiger partial charge >= 0.3 is 0 Å². The normalized spacial score (nSPS) is 10.4. The van der Waals surface area contributed by atoms with Crippen LogP contribution in [-0.2, 0) is 6.54 Å². The van der Waals surface area contributed by atoms with Gasteiger partial charge in [0.25, 0.3) is 5.91 Å². The highest BCUT2D eigenvalue weighted by Gasteiger charge is 2.20. The first-order valence-electron chi connectivity index (χ1n) is 6.17. The van der Waals surface area contributed by atoms with Crippen molar-refractivity contribution in [1.29, 1.82) is 0 Å². The number of nitrogen functional groups attached to an aromatic ring is 1. The van der Waals surface area contributed by atoms with E-state index in [2.05, 4.69) is 0 Å². The number of rotatable bonds is 3. The van der Waals surface area contributed by atoms with E-state index in [1.807, 2.05) is 0 Å². The Bertz CT molecular complexity index is 671. The minimum absolute atomic E-state index is 0.149. The lowest BCUT2D eigenvalue weighted by Gasteiger charge is -2.19. The highest BCUT2D eigenvalue weighted by Crippen LogP contribution is 2.24. The van der Waals surface area contributed by atoms with Gasteiger partial charge < -0.3 is 15.7 Å². The number of carbonyl (C=O) groups excluding carboxylic acids is 1. The van der Waals surface area contributed by atoms with Gasteiger partial charge in [-0.1, -0.05) is 17.7 Å². The maximum absolute atomic E-state index is 13.7. The fraction of sp³-hybridized carbons (Fsp3) is 0.133. The highest BCUT2D eigenvalue weighted by molar-refractivity contribution is 6.31. The first-order chi connectivity index (χ1) is 9.90. The SMILES string of the molecule is CN(Cc1cc(N)ccc1Cl)C(=O)c1c(O)cccc1F. The maximum atomic E-state index is 13.7. The topological polar surface area (TPSA) is 66.6 Å². The summed E-state index contributed by atoms with van der Waals surface area (Å²) in [6.07, 6.45) is 0. The first kappa shape index (κ1) is 15.1. The molecule has 0 bridgehead atoms. The molecule has 1 amide bonds. The molecule has 4 nitrogen and oxygen atoms in total. The Balaban J connectivity index is 2.26. The van der Waals surface area contributed by atoms with Crippen molar-refractivity contribution in [3.63, 3.8) is 0 Å². The average molecular weight is 309 g/mol. The van der Waals surface area contributed by atoms with Gasteiger partial charge in [-0.25, -0.2) is 4.39 Å². The number of phenols is 1. The molecule has 110 valence electrons. The molecule has 6 heteroatoms. The van der Waals surface area contributed by atoms with E-state index in [-0.39, 0.29) is 12.1 Å². The number of hydrogen-bond donors (Lipinski definition) is 2. The monoisotopic (exact) mass is 308 g/mol. The Morgan fingerprint density at radius 2 is 2.10 bits per heavy atom. The summed E-state index contributed by atoms with van der Waals surface area (Å²) in [4.78, 5) is 13.5. The zero-order valence-corrected chi connectivity index (χ0v) is 12.1. The zero-order chi connectivity index (χ0) is 15.6. The summed E-state index contributed by atoms with van der Waals surface area (Å²) in [7, 11) is 1.49. The molecular formula is C15H14ClFN2O2. The summed E-state index contributed by atoms with van der Waals surface area (Å²) in [5.74, 6) is -1.81. The largest absolute Gasteiger partial charge is 0.507 e. The third kappa shape index (κ3) is 3.25. The second-order valence-corrected chi connectivity index (χ2v) is 5.05. The predicted molar refractivity (Wildman–Crippen MR) is 79.7 cm³/mol. The van der Waals surface area contributed by atoms with Gasteiger partial charge in [-0.2, -0.15) is 0 Å². The van der Waals surface area contributed by atoms with Crippen LogP contribution in [0.5, 0.6) is 5.75 Å². The van der Waals surface area contributed by atoms with Crippen LogP contribution < -0.4 is 5.73 Å². The van der Waals surface area contributed by atoms with Gasteiger partial charge in [-0.3, -0.25) is 4.79 Å². The van der Waals surface area contributed by atoms with E-state index in [9.17, 15) is 14.3 Å². The van der Waals surface area contributed by atoms with E-state index in [0.29, 0.717) is 16.3 Å². The number of nitrogens with two attached hydrogens (primary N) is 1. The van der Waals surface area contributed by atoms with E-state index in [1.165, 1.54) is 24.1 Å². The number of aromatic hydroxyl groups is 1. The van der Waals surface area contributed by atoms with Crippen LogP contribution in [0, 0.1) is 5.82 Å².